The Balaban J connectivity index is 3.70. The highest BCUT2D eigenvalue weighted by Crippen LogP contribution is 1.99. The summed E-state index contributed by atoms with van der Waals surface area (Å²) in [7, 11) is 3.70. The van der Waals surface area contributed by atoms with Crippen molar-refractivity contribution in [2.24, 2.45) is 5.92 Å². The van der Waals surface area contributed by atoms with Gasteiger partial charge in [0.1, 0.15) is 0 Å². The molecule has 0 rings (SSSR count). The molecule has 0 aliphatic rings. The Kier molecular flexibility index (Phi) is 5.66. The Hall–Kier alpha value is -0.610. The summed E-state index contributed by atoms with van der Waals surface area (Å²) >= 11 is 0. The van der Waals surface area contributed by atoms with Gasteiger partial charge in [-0.2, -0.15) is 0 Å². The van der Waals surface area contributed by atoms with E-state index in [1.807, 2.05) is 33.0 Å². The van der Waals surface area contributed by atoms with E-state index in [-0.39, 0.29) is 11.9 Å². The van der Waals surface area contributed by atoms with Gasteiger partial charge in [-0.15, -0.1) is 0 Å². The molecule has 0 saturated heterocycles. The largest absolute Gasteiger partial charge is 0.466 e. The lowest BCUT2D eigenvalue weighted by molar-refractivity contribution is -0.148. The first-order chi connectivity index (χ1) is 5.61. The van der Waals surface area contributed by atoms with E-state index in [9.17, 15) is 4.79 Å². The van der Waals surface area contributed by atoms with Crippen molar-refractivity contribution < 1.29 is 9.53 Å². The summed E-state index contributed by atoms with van der Waals surface area (Å²) in [5.41, 5.74) is 2.92. The second kappa shape index (κ2) is 5.97. The molecule has 0 aromatic carbocycles. The number of carbonyl (C=O) groups excluding carboxylic acids is 1. The second-order valence-electron chi connectivity index (χ2n) is 2.76. The normalized spacial score (nSPS) is 13.1. The quantitative estimate of drug-likeness (QED) is 0.479. The average molecular weight is 174 g/mol. The van der Waals surface area contributed by atoms with Crippen LogP contribution in [0, 0.1) is 5.92 Å². The average Bonchev–Trinajstić information content (AvgIpc) is 2.04. The molecular weight excluding hydrogens is 156 g/mol. The molecule has 12 heavy (non-hydrogen) atoms. The number of esters is 1. The van der Waals surface area contributed by atoms with E-state index in [1.54, 1.807) is 0 Å². The van der Waals surface area contributed by atoms with Crippen molar-refractivity contribution in [3.63, 3.8) is 0 Å². The standard InChI is InChI=1S/C8H18N2O2/c1-5-12-8(11)7(2)6-10(4)9-3/h7,9H,5-6H2,1-4H3. The van der Waals surface area contributed by atoms with E-state index in [1.165, 1.54) is 0 Å². The Bertz CT molecular complexity index is 139. The van der Waals surface area contributed by atoms with Crippen molar-refractivity contribution in [1.29, 1.82) is 0 Å². The van der Waals surface area contributed by atoms with Gasteiger partial charge in [-0.25, -0.2) is 5.01 Å². The molecule has 0 aliphatic carbocycles. The van der Waals surface area contributed by atoms with Crippen LogP contribution in [0.15, 0.2) is 0 Å². The molecule has 0 aromatic heterocycles. The van der Waals surface area contributed by atoms with Gasteiger partial charge in [-0.1, -0.05) is 6.92 Å². The third-order valence-corrected chi connectivity index (χ3v) is 1.62. The summed E-state index contributed by atoms with van der Waals surface area (Å²) in [6.07, 6.45) is 0. The lowest BCUT2D eigenvalue weighted by Crippen LogP contribution is -2.37. The van der Waals surface area contributed by atoms with Crippen LogP contribution in [0.1, 0.15) is 13.8 Å². The zero-order valence-corrected chi connectivity index (χ0v) is 8.26. The van der Waals surface area contributed by atoms with Gasteiger partial charge < -0.3 is 4.74 Å². The van der Waals surface area contributed by atoms with Crippen LogP contribution in [0.5, 0.6) is 0 Å². The molecule has 0 heterocycles. The zero-order chi connectivity index (χ0) is 9.56. The Morgan fingerprint density at radius 2 is 2.25 bits per heavy atom. The van der Waals surface area contributed by atoms with Crippen molar-refractivity contribution in [2.45, 2.75) is 13.8 Å². The fraction of sp³-hybridized carbons (Fsp3) is 0.875. The van der Waals surface area contributed by atoms with Crippen molar-refractivity contribution in [2.75, 3.05) is 27.2 Å². The minimum Gasteiger partial charge on any atom is -0.466 e. The molecule has 0 saturated carbocycles. The van der Waals surface area contributed by atoms with Crippen molar-refractivity contribution in [3.05, 3.63) is 0 Å². The van der Waals surface area contributed by atoms with E-state index in [0.29, 0.717) is 13.2 Å². The summed E-state index contributed by atoms with van der Waals surface area (Å²) in [6, 6.07) is 0. The molecular formula is C8H18N2O2. The first kappa shape index (κ1) is 11.4. The monoisotopic (exact) mass is 174 g/mol. The Morgan fingerprint density at radius 3 is 2.67 bits per heavy atom. The number of nitrogens with one attached hydrogen (secondary N) is 1. The van der Waals surface area contributed by atoms with Crippen LogP contribution in [0.4, 0.5) is 0 Å². The number of nitrogens with zero attached hydrogens (tertiary/aromatic N) is 1. The lowest BCUT2D eigenvalue weighted by Gasteiger charge is -2.18. The van der Waals surface area contributed by atoms with Crippen LogP contribution in [-0.2, 0) is 9.53 Å². The van der Waals surface area contributed by atoms with Crippen LogP contribution in [-0.4, -0.2) is 38.2 Å². The van der Waals surface area contributed by atoms with Gasteiger partial charge in [0.15, 0.2) is 0 Å². The van der Waals surface area contributed by atoms with Gasteiger partial charge in [0, 0.05) is 13.6 Å². The fourth-order valence-corrected chi connectivity index (χ4v) is 0.861. The van der Waals surface area contributed by atoms with E-state index in [4.69, 9.17) is 4.74 Å². The predicted molar refractivity (Wildman–Crippen MR) is 47.5 cm³/mol. The van der Waals surface area contributed by atoms with Crippen LogP contribution < -0.4 is 5.43 Å². The van der Waals surface area contributed by atoms with Gasteiger partial charge in [-0.3, -0.25) is 10.2 Å². The number of rotatable bonds is 5. The highest BCUT2D eigenvalue weighted by Gasteiger charge is 2.14. The third-order valence-electron chi connectivity index (χ3n) is 1.62. The molecule has 0 aromatic rings. The maximum atomic E-state index is 11.1. The fourth-order valence-electron chi connectivity index (χ4n) is 0.861. The van der Waals surface area contributed by atoms with E-state index in [2.05, 4.69) is 5.43 Å². The van der Waals surface area contributed by atoms with Crippen LogP contribution in [0.2, 0.25) is 0 Å². The van der Waals surface area contributed by atoms with Gasteiger partial charge in [0.2, 0.25) is 0 Å². The number of ether oxygens (including phenoxy) is 1. The highest BCUT2D eigenvalue weighted by atomic mass is 16.5. The van der Waals surface area contributed by atoms with E-state index < -0.39 is 0 Å². The molecule has 4 heteroatoms. The van der Waals surface area contributed by atoms with Crippen LogP contribution in [0.3, 0.4) is 0 Å². The summed E-state index contributed by atoms with van der Waals surface area (Å²) < 4.78 is 4.86. The number of hydrazine groups is 1. The molecule has 0 fully saturated rings. The van der Waals surface area contributed by atoms with Crippen LogP contribution >= 0.6 is 0 Å². The summed E-state index contributed by atoms with van der Waals surface area (Å²) in [6.45, 7) is 4.78. The summed E-state index contributed by atoms with van der Waals surface area (Å²) in [5, 5.41) is 1.85. The van der Waals surface area contributed by atoms with E-state index >= 15 is 0 Å². The molecule has 0 radical (unpaired) electrons. The van der Waals surface area contributed by atoms with Gasteiger partial charge in [0.05, 0.1) is 12.5 Å². The summed E-state index contributed by atoms with van der Waals surface area (Å²) in [5.74, 6) is -0.220. The molecule has 0 amide bonds. The first-order valence-electron chi connectivity index (χ1n) is 4.17. The van der Waals surface area contributed by atoms with Crippen molar-refractivity contribution >= 4 is 5.97 Å². The topological polar surface area (TPSA) is 41.6 Å². The predicted octanol–water partition coefficient (Wildman–Crippen LogP) is 0.252. The summed E-state index contributed by atoms with van der Waals surface area (Å²) in [4.78, 5) is 11.1. The Labute approximate surface area is 73.8 Å². The lowest BCUT2D eigenvalue weighted by atomic mass is 10.2. The maximum Gasteiger partial charge on any atom is 0.309 e. The third kappa shape index (κ3) is 4.31. The van der Waals surface area contributed by atoms with Gasteiger partial charge in [0.25, 0.3) is 0 Å². The minimum absolute atomic E-state index is 0.0811. The molecule has 1 atom stereocenters. The molecule has 72 valence electrons. The minimum atomic E-state index is -0.139. The molecule has 1 N–H and O–H groups in total. The molecule has 0 bridgehead atoms. The molecule has 1 unspecified atom stereocenters. The molecule has 4 nitrogen and oxygen atoms in total. The van der Waals surface area contributed by atoms with Crippen molar-refractivity contribution in [3.8, 4) is 0 Å². The van der Waals surface area contributed by atoms with Gasteiger partial charge in [-0.05, 0) is 14.0 Å². The van der Waals surface area contributed by atoms with E-state index in [0.717, 1.165) is 0 Å². The molecule has 0 spiro atoms. The number of hydrogen-bond acceptors (Lipinski definition) is 4. The highest BCUT2D eigenvalue weighted by molar-refractivity contribution is 5.72. The maximum absolute atomic E-state index is 11.1. The second-order valence-corrected chi connectivity index (χ2v) is 2.76. The SMILES string of the molecule is CCOC(=O)C(C)CN(C)NC. The zero-order valence-electron chi connectivity index (χ0n) is 8.26. The number of hydrogen-bond donors (Lipinski definition) is 1. The Morgan fingerprint density at radius 1 is 1.67 bits per heavy atom. The number of carbonyl (C=O) groups is 1. The smallest absolute Gasteiger partial charge is 0.309 e. The first-order valence-corrected chi connectivity index (χ1v) is 4.17. The van der Waals surface area contributed by atoms with Crippen LogP contribution in [0.25, 0.3) is 0 Å². The van der Waals surface area contributed by atoms with Gasteiger partial charge >= 0.3 is 5.97 Å². The molecule has 0 aliphatic heterocycles. The van der Waals surface area contributed by atoms with Crippen molar-refractivity contribution in [1.82, 2.24) is 10.4 Å².